The summed E-state index contributed by atoms with van der Waals surface area (Å²) in [5.74, 6) is -1.19. The van der Waals surface area contributed by atoms with Crippen molar-refractivity contribution < 1.29 is 43.7 Å². The molecule has 0 bridgehead atoms. The first-order valence-electron chi connectivity index (χ1n) is 12.1. The summed E-state index contributed by atoms with van der Waals surface area (Å²) in [6, 6.07) is 3.21. The molecule has 2 amide bonds. The second-order valence-electron chi connectivity index (χ2n) is 8.55. The lowest BCUT2D eigenvalue weighted by Gasteiger charge is -2.49. The number of nitrogens with two attached hydrogens (primary N) is 1. The molecular weight excluding hydrogens is 612 g/mol. The summed E-state index contributed by atoms with van der Waals surface area (Å²) in [6.45, 7) is 1.89. The van der Waals surface area contributed by atoms with E-state index in [1.807, 2.05) is 0 Å². The second-order valence-corrected chi connectivity index (χ2v) is 11.5. The van der Waals surface area contributed by atoms with Gasteiger partial charge in [0.15, 0.2) is 28.1 Å². The van der Waals surface area contributed by atoms with Gasteiger partial charge in [-0.15, -0.1) is 23.1 Å². The van der Waals surface area contributed by atoms with Crippen LogP contribution < -0.4 is 11.1 Å². The SMILES string of the molecule is CCON=C(C(=O)N[C@@H]1C(=O)N2C(OC(=O)O)=C(CSc3ncc(-c4ccc(O)c(O)c4)o3)CS[C@@H]12)c1csc(N)n1. The lowest BCUT2D eigenvalue weighted by atomic mass is 10.1. The molecule has 1 fully saturated rings. The summed E-state index contributed by atoms with van der Waals surface area (Å²) in [5.41, 5.74) is 6.71. The van der Waals surface area contributed by atoms with Crippen LogP contribution in [0.2, 0.25) is 0 Å². The number of nitrogen functional groups attached to an aromatic ring is 1. The predicted octanol–water partition coefficient (Wildman–Crippen LogP) is 2.63. The first-order chi connectivity index (χ1) is 20.2. The van der Waals surface area contributed by atoms with Crippen LogP contribution in [0.4, 0.5) is 9.93 Å². The van der Waals surface area contributed by atoms with Crippen LogP contribution in [0.3, 0.4) is 0 Å². The van der Waals surface area contributed by atoms with Crippen LogP contribution in [0.5, 0.6) is 11.5 Å². The minimum absolute atomic E-state index is 0.139. The molecule has 2 aliphatic rings. The second kappa shape index (κ2) is 12.2. The van der Waals surface area contributed by atoms with Crippen molar-refractivity contribution in [2.45, 2.75) is 23.6 Å². The number of thiazole rings is 1. The van der Waals surface area contributed by atoms with Crippen LogP contribution in [0, 0.1) is 0 Å². The number of β-lactam (4-membered cyclic amide) rings is 1. The highest BCUT2D eigenvalue weighted by Crippen LogP contribution is 2.42. The number of hydrogen-bond donors (Lipinski definition) is 5. The first-order valence-corrected chi connectivity index (χ1v) is 15.0. The Morgan fingerprint density at radius 1 is 1.33 bits per heavy atom. The molecule has 42 heavy (non-hydrogen) atoms. The van der Waals surface area contributed by atoms with Gasteiger partial charge in [-0.25, -0.2) is 14.8 Å². The normalized spacial score (nSPS) is 18.4. The molecule has 2 atom stereocenters. The maximum atomic E-state index is 13.1. The molecule has 0 saturated carbocycles. The molecule has 1 aromatic carbocycles. The van der Waals surface area contributed by atoms with Gasteiger partial charge in [0.1, 0.15) is 23.7 Å². The number of carbonyl (C=O) groups is 3. The number of phenols is 2. The van der Waals surface area contributed by atoms with Crippen molar-refractivity contribution in [2.75, 3.05) is 23.8 Å². The number of carboxylic acid groups (broad SMARTS) is 1. The van der Waals surface area contributed by atoms with E-state index in [1.54, 1.807) is 13.0 Å². The lowest BCUT2D eigenvalue weighted by Crippen LogP contribution is -2.70. The van der Waals surface area contributed by atoms with E-state index >= 15 is 0 Å². The zero-order chi connectivity index (χ0) is 30.0. The van der Waals surface area contributed by atoms with Gasteiger partial charge in [-0.05, 0) is 25.1 Å². The van der Waals surface area contributed by atoms with Gasteiger partial charge in [-0.2, -0.15) is 0 Å². The Balaban J connectivity index is 1.29. The van der Waals surface area contributed by atoms with Crippen LogP contribution >= 0.6 is 34.9 Å². The van der Waals surface area contributed by atoms with Gasteiger partial charge >= 0.3 is 6.16 Å². The van der Waals surface area contributed by atoms with E-state index in [1.165, 1.54) is 40.4 Å². The third-order valence-electron chi connectivity index (χ3n) is 5.84. The Morgan fingerprint density at radius 3 is 2.83 bits per heavy atom. The third-order valence-corrected chi connectivity index (χ3v) is 8.78. The van der Waals surface area contributed by atoms with Gasteiger partial charge in [0.05, 0.1) is 6.20 Å². The average molecular weight is 635 g/mol. The summed E-state index contributed by atoms with van der Waals surface area (Å²) in [5, 5.41) is 36.4. The number of phenolic OH excluding ortho intramolecular Hbond substituents is 2. The molecule has 18 heteroatoms. The highest BCUT2D eigenvalue weighted by atomic mass is 32.2. The fraction of sp³-hybridized carbons (Fsp3) is 0.250. The van der Waals surface area contributed by atoms with E-state index in [2.05, 4.69) is 20.4 Å². The topological polar surface area (TPSA) is 223 Å². The van der Waals surface area contributed by atoms with Crippen LogP contribution in [-0.2, 0) is 19.2 Å². The Morgan fingerprint density at radius 2 is 2.14 bits per heavy atom. The summed E-state index contributed by atoms with van der Waals surface area (Å²) in [6.07, 6.45) is -0.158. The number of rotatable bonds is 10. The highest BCUT2D eigenvalue weighted by Gasteiger charge is 2.54. The number of hydrogen-bond acceptors (Lipinski definition) is 15. The van der Waals surface area contributed by atoms with E-state index in [9.17, 15) is 29.7 Å². The van der Waals surface area contributed by atoms with Crippen LogP contribution in [0.1, 0.15) is 12.6 Å². The van der Waals surface area contributed by atoms with E-state index in [-0.39, 0.29) is 51.5 Å². The number of oxazole rings is 1. The number of anilines is 1. The Hall–Kier alpha value is -4.42. The van der Waals surface area contributed by atoms with Crippen molar-refractivity contribution in [2.24, 2.45) is 5.16 Å². The summed E-state index contributed by atoms with van der Waals surface area (Å²) in [4.78, 5) is 52.2. The molecule has 2 aromatic heterocycles. The monoisotopic (exact) mass is 634 g/mol. The molecule has 220 valence electrons. The van der Waals surface area contributed by atoms with E-state index in [0.717, 1.165) is 23.1 Å². The van der Waals surface area contributed by atoms with Gasteiger partial charge in [0, 0.05) is 28.0 Å². The minimum Gasteiger partial charge on any atom is -0.504 e. The van der Waals surface area contributed by atoms with Gasteiger partial charge in [-0.1, -0.05) is 16.9 Å². The number of aromatic hydroxyl groups is 2. The maximum absolute atomic E-state index is 13.1. The van der Waals surface area contributed by atoms with Crippen molar-refractivity contribution in [1.29, 1.82) is 0 Å². The molecule has 0 radical (unpaired) electrons. The average Bonchev–Trinajstić information content (AvgIpc) is 3.61. The Kier molecular flexibility index (Phi) is 8.46. The van der Waals surface area contributed by atoms with Gasteiger partial charge in [0.25, 0.3) is 17.0 Å². The number of benzene rings is 1. The van der Waals surface area contributed by atoms with Crippen molar-refractivity contribution in [1.82, 2.24) is 20.2 Å². The summed E-state index contributed by atoms with van der Waals surface area (Å²) >= 11 is 3.57. The third kappa shape index (κ3) is 5.95. The number of amides is 2. The van der Waals surface area contributed by atoms with E-state index in [0.29, 0.717) is 22.6 Å². The number of nitrogens with one attached hydrogen (secondary N) is 1. The Bertz CT molecular complexity index is 1600. The van der Waals surface area contributed by atoms with E-state index < -0.39 is 29.4 Å². The zero-order valence-electron chi connectivity index (χ0n) is 21.5. The largest absolute Gasteiger partial charge is 0.512 e. The number of fused-ring (bicyclic) bond motifs is 1. The number of ether oxygens (including phenoxy) is 1. The molecule has 6 N–H and O–H groups in total. The molecule has 15 nitrogen and oxygen atoms in total. The minimum atomic E-state index is -1.60. The number of oxime groups is 1. The van der Waals surface area contributed by atoms with Crippen molar-refractivity contribution >= 4 is 63.7 Å². The van der Waals surface area contributed by atoms with Crippen LogP contribution in [0.25, 0.3) is 11.3 Å². The van der Waals surface area contributed by atoms with Crippen molar-refractivity contribution in [3.8, 4) is 22.8 Å². The molecule has 0 aliphatic carbocycles. The summed E-state index contributed by atoms with van der Waals surface area (Å²) < 4.78 is 10.7. The Labute approximate surface area is 249 Å². The fourth-order valence-corrected chi connectivity index (χ4v) is 6.73. The van der Waals surface area contributed by atoms with Crippen molar-refractivity contribution in [3.05, 3.63) is 46.9 Å². The number of carbonyl (C=O) groups excluding carboxylic acids is 2. The predicted molar refractivity (Wildman–Crippen MR) is 152 cm³/mol. The smallest absolute Gasteiger partial charge is 0.504 e. The van der Waals surface area contributed by atoms with E-state index in [4.69, 9.17) is 19.7 Å². The highest BCUT2D eigenvalue weighted by molar-refractivity contribution is 8.01. The zero-order valence-corrected chi connectivity index (χ0v) is 24.0. The van der Waals surface area contributed by atoms with Gasteiger partial charge in [-0.3, -0.25) is 14.5 Å². The number of aromatic nitrogens is 2. The number of nitrogens with zero attached hydrogens (tertiary/aromatic N) is 4. The van der Waals surface area contributed by atoms with Crippen LogP contribution in [-0.4, -0.2) is 83.4 Å². The fourth-order valence-electron chi connectivity index (χ4n) is 3.93. The molecule has 0 unspecified atom stereocenters. The standard InChI is InChI=1S/C24H22N6O9S3/c1-2-37-29-16(12-9-41-22(25)27-12)18(33)28-17-19(34)30-20(39-24(35)36)11(7-40-21(17)30)8-42-23-26-6-15(38-23)10-3-4-13(31)14(32)5-10/h3-6,9,17,21,31-32H,2,7-8H2,1H3,(H2,25,27)(H,28,33)(H,35,36)/t17-,21+/m1/s1. The molecular formula is C24H22N6O9S3. The molecule has 2 aliphatic heterocycles. The van der Waals surface area contributed by atoms with Gasteiger partial charge in [0.2, 0.25) is 5.88 Å². The quantitative estimate of drug-likeness (QED) is 0.0540. The lowest BCUT2D eigenvalue weighted by molar-refractivity contribution is -0.148. The molecule has 3 aromatic rings. The molecule has 1 saturated heterocycles. The summed E-state index contributed by atoms with van der Waals surface area (Å²) in [7, 11) is 0. The molecule has 4 heterocycles. The first kappa shape index (κ1) is 29.1. The van der Waals surface area contributed by atoms with Gasteiger partial charge < -0.3 is 40.4 Å². The van der Waals surface area contributed by atoms with Crippen LogP contribution in [0.15, 0.2) is 56.0 Å². The number of thioether (sulfide) groups is 2. The molecule has 0 spiro atoms. The molecule has 5 rings (SSSR count). The maximum Gasteiger partial charge on any atom is 0.512 e. The van der Waals surface area contributed by atoms with Crippen molar-refractivity contribution in [3.63, 3.8) is 0 Å².